The van der Waals surface area contributed by atoms with Gasteiger partial charge >= 0.3 is 18.2 Å². The second-order valence-corrected chi connectivity index (χ2v) is 5.18. The molecule has 1 aliphatic rings. The molecule has 2 aromatic carbocycles. The fraction of sp³-hybridized carbons (Fsp3) is 0.188. The molecule has 0 saturated heterocycles. The first-order valence-corrected chi connectivity index (χ1v) is 6.82. The van der Waals surface area contributed by atoms with Crippen molar-refractivity contribution in [1.82, 2.24) is 0 Å². The van der Waals surface area contributed by atoms with Gasteiger partial charge in [-0.25, -0.2) is 0 Å². The number of halogens is 5. The SMILES string of the molecule is O=C1N(Cc2ccccc2)c2ccc(OC(F)(F)F)cc2C1(F)F. The van der Waals surface area contributed by atoms with Crippen LogP contribution in [0.25, 0.3) is 0 Å². The van der Waals surface area contributed by atoms with Crippen molar-refractivity contribution in [2.75, 3.05) is 4.90 Å². The number of rotatable bonds is 3. The Morgan fingerprint density at radius 2 is 1.71 bits per heavy atom. The minimum atomic E-state index is -5.00. The van der Waals surface area contributed by atoms with Crippen LogP contribution >= 0.6 is 0 Å². The van der Waals surface area contributed by atoms with Gasteiger partial charge in [0, 0.05) is 0 Å². The number of amides is 1. The van der Waals surface area contributed by atoms with Crippen LogP contribution in [0.1, 0.15) is 11.1 Å². The number of benzene rings is 2. The van der Waals surface area contributed by atoms with Crippen molar-refractivity contribution in [1.29, 1.82) is 0 Å². The van der Waals surface area contributed by atoms with Gasteiger partial charge < -0.3 is 9.64 Å². The first-order chi connectivity index (χ1) is 11.2. The van der Waals surface area contributed by atoms with E-state index < -0.39 is 29.5 Å². The number of hydrogen-bond donors (Lipinski definition) is 0. The first kappa shape index (κ1) is 16.2. The average Bonchev–Trinajstić information content (AvgIpc) is 2.68. The van der Waals surface area contributed by atoms with E-state index in [2.05, 4.69) is 4.74 Å². The molecule has 0 bridgehead atoms. The number of carbonyl (C=O) groups is 1. The van der Waals surface area contributed by atoms with Crippen LogP contribution < -0.4 is 9.64 Å². The van der Waals surface area contributed by atoms with Crippen LogP contribution in [-0.2, 0) is 17.3 Å². The van der Waals surface area contributed by atoms with Crippen molar-refractivity contribution in [3.63, 3.8) is 0 Å². The molecule has 24 heavy (non-hydrogen) atoms. The maximum Gasteiger partial charge on any atom is 0.573 e. The van der Waals surface area contributed by atoms with Crippen molar-refractivity contribution in [3.8, 4) is 5.75 Å². The molecule has 2 aromatic rings. The van der Waals surface area contributed by atoms with Crippen molar-refractivity contribution in [3.05, 3.63) is 59.7 Å². The lowest BCUT2D eigenvalue weighted by molar-refractivity contribution is -0.274. The predicted molar refractivity (Wildman–Crippen MR) is 74.7 cm³/mol. The van der Waals surface area contributed by atoms with E-state index in [1.54, 1.807) is 30.3 Å². The summed E-state index contributed by atoms with van der Waals surface area (Å²) in [6.07, 6.45) is -5.00. The molecule has 1 aliphatic heterocycles. The van der Waals surface area contributed by atoms with Gasteiger partial charge in [-0.2, -0.15) is 8.78 Å². The molecule has 0 unspecified atom stereocenters. The minimum Gasteiger partial charge on any atom is -0.406 e. The summed E-state index contributed by atoms with van der Waals surface area (Å²) in [5.74, 6) is -6.18. The Balaban J connectivity index is 1.98. The summed E-state index contributed by atoms with van der Waals surface area (Å²) < 4.78 is 68.7. The standard InChI is InChI=1S/C16H10F5NO2/c17-15(18)12-8-11(24-16(19,20)21)6-7-13(12)22(14(15)23)9-10-4-2-1-3-5-10/h1-8H,9H2. The van der Waals surface area contributed by atoms with Gasteiger partial charge in [0.05, 0.1) is 17.8 Å². The van der Waals surface area contributed by atoms with E-state index in [1.165, 1.54) is 0 Å². The maximum atomic E-state index is 14.2. The summed E-state index contributed by atoms with van der Waals surface area (Å²) >= 11 is 0. The third-order valence-electron chi connectivity index (χ3n) is 3.53. The third-order valence-corrected chi connectivity index (χ3v) is 3.53. The molecule has 126 valence electrons. The molecule has 1 amide bonds. The average molecular weight is 343 g/mol. The summed E-state index contributed by atoms with van der Waals surface area (Å²) in [4.78, 5) is 12.8. The number of ether oxygens (including phenoxy) is 1. The van der Waals surface area contributed by atoms with Crippen molar-refractivity contribution < 1.29 is 31.5 Å². The lowest BCUT2D eigenvalue weighted by atomic mass is 10.1. The Bertz CT molecular complexity index is 774. The normalized spacial score (nSPS) is 16.2. The Kier molecular flexibility index (Phi) is 3.70. The second kappa shape index (κ2) is 5.47. The summed E-state index contributed by atoms with van der Waals surface area (Å²) in [7, 11) is 0. The highest BCUT2D eigenvalue weighted by molar-refractivity contribution is 6.05. The van der Waals surface area contributed by atoms with Crippen LogP contribution in [0.4, 0.5) is 27.6 Å². The van der Waals surface area contributed by atoms with Gasteiger partial charge in [-0.1, -0.05) is 30.3 Å². The Hall–Kier alpha value is -2.64. The lowest BCUT2D eigenvalue weighted by Gasteiger charge is -2.17. The molecule has 0 spiro atoms. The minimum absolute atomic E-state index is 0.109. The smallest absolute Gasteiger partial charge is 0.406 e. The molecular weight excluding hydrogens is 333 g/mol. The van der Waals surface area contributed by atoms with Crippen LogP contribution in [0.5, 0.6) is 5.75 Å². The monoisotopic (exact) mass is 343 g/mol. The lowest BCUT2D eigenvalue weighted by Crippen LogP contribution is -2.34. The molecule has 0 radical (unpaired) electrons. The first-order valence-electron chi connectivity index (χ1n) is 6.82. The number of alkyl halides is 5. The number of anilines is 1. The van der Waals surface area contributed by atoms with E-state index in [0.717, 1.165) is 17.0 Å². The molecule has 1 heterocycles. The molecule has 8 heteroatoms. The van der Waals surface area contributed by atoms with Crippen molar-refractivity contribution >= 4 is 11.6 Å². The van der Waals surface area contributed by atoms with E-state index >= 15 is 0 Å². The van der Waals surface area contributed by atoms with Crippen molar-refractivity contribution in [2.24, 2.45) is 0 Å². The summed E-state index contributed by atoms with van der Waals surface area (Å²) in [5, 5.41) is 0. The van der Waals surface area contributed by atoms with Crippen molar-refractivity contribution in [2.45, 2.75) is 18.8 Å². The molecule has 3 rings (SSSR count). The number of fused-ring (bicyclic) bond motifs is 1. The molecule has 0 fully saturated rings. The number of carbonyl (C=O) groups excluding carboxylic acids is 1. The van der Waals surface area contributed by atoms with Gasteiger partial charge in [-0.3, -0.25) is 4.79 Å². The molecule has 0 saturated carbocycles. The fourth-order valence-electron chi connectivity index (χ4n) is 2.52. The maximum absolute atomic E-state index is 14.2. The Labute approximate surface area is 133 Å². The largest absolute Gasteiger partial charge is 0.573 e. The second-order valence-electron chi connectivity index (χ2n) is 5.18. The summed E-state index contributed by atoms with van der Waals surface area (Å²) in [6, 6.07) is 10.9. The van der Waals surface area contributed by atoms with E-state index in [-0.39, 0.29) is 12.2 Å². The van der Waals surface area contributed by atoms with Gasteiger partial charge in [0.1, 0.15) is 5.75 Å². The summed E-state index contributed by atoms with van der Waals surface area (Å²) in [5.41, 5.74) is -0.321. The molecule has 0 aliphatic carbocycles. The van der Waals surface area contributed by atoms with Crippen LogP contribution in [0.2, 0.25) is 0 Å². The quantitative estimate of drug-likeness (QED) is 0.781. The highest BCUT2D eigenvalue weighted by atomic mass is 19.4. The van der Waals surface area contributed by atoms with Gasteiger partial charge in [-0.05, 0) is 23.8 Å². The third kappa shape index (κ3) is 2.91. The predicted octanol–water partition coefficient (Wildman–Crippen LogP) is 4.22. The molecule has 0 atom stereocenters. The molecular formula is C16H10F5NO2. The van der Waals surface area contributed by atoms with Gasteiger partial charge in [0.2, 0.25) is 0 Å². The van der Waals surface area contributed by atoms with Crippen LogP contribution in [0, 0.1) is 0 Å². The Morgan fingerprint density at radius 1 is 1.04 bits per heavy atom. The molecule has 0 N–H and O–H groups in total. The molecule has 3 nitrogen and oxygen atoms in total. The van der Waals surface area contributed by atoms with Crippen LogP contribution in [-0.4, -0.2) is 12.3 Å². The van der Waals surface area contributed by atoms with Crippen LogP contribution in [0.3, 0.4) is 0 Å². The van der Waals surface area contributed by atoms with Gasteiger partial charge in [0.25, 0.3) is 0 Å². The van der Waals surface area contributed by atoms with E-state index in [9.17, 15) is 26.7 Å². The zero-order valence-electron chi connectivity index (χ0n) is 12.0. The van der Waals surface area contributed by atoms with Crippen LogP contribution in [0.15, 0.2) is 48.5 Å². The van der Waals surface area contributed by atoms with Gasteiger partial charge in [0.15, 0.2) is 0 Å². The zero-order chi connectivity index (χ0) is 17.5. The van der Waals surface area contributed by atoms with E-state index in [4.69, 9.17) is 0 Å². The van der Waals surface area contributed by atoms with E-state index in [1.807, 2.05) is 0 Å². The number of hydrogen-bond acceptors (Lipinski definition) is 2. The number of nitrogens with zero attached hydrogens (tertiary/aromatic N) is 1. The summed E-state index contributed by atoms with van der Waals surface area (Å²) in [6.45, 7) is -0.109. The zero-order valence-corrected chi connectivity index (χ0v) is 12.0. The van der Waals surface area contributed by atoms with Gasteiger partial charge in [-0.15, -0.1) is 13.2 Å². The highest BCUT2D eigenvalue weighted by Crippen LogP contribution is 2.46. The van der Waals surface area contributed by atoms with E-state index in [0.29, 0.717) is 11.6 Å². The topological polar surface area (TPSA) is 29.5 Å². The fourth-order valence-corrected chi connectivity index (χ4v) is 2.52. The molecule has 0 aromatic heterocycles. The Morgan fingerprint density at radius 3 is 2.33 bits per heavy atom. The highest BCUT2D eigenvalue weighted by Gasteiger charge is 2.53.